The molecule has 20 heavy (non-hydrogen) atoms. The third kappa shape index (κ3) is 2.54. The first kappa shape index (κ1) is 13.4. The van der Waals surface area contributed by atoms with E-state index in [1.807, 2.05) is 0 Å². The summed E-state index contributed by atoms with van der Waals surface area (Å²) in [6, 6.07) is 10.1. The summed E-state index contributed by atoms with van der Waals surface area (Å²) in [6.07, 6.45) is 0.686. The van der Waals surface area contributed by atoms with Crippen LogP contribution in [0.2, 0.25) is 0 Å². The Labute approximate surface area is 113 Å². The van der Waals surface area contributed by atoms with Crippen molar-refractivity contribution in [3.8, 4) is 11.1 Å². The second-order valence-corrected chi connectivity index (χ2v) is 4.02. The van der Waals surface area contributed by atoms with Crippen LogP contribution in [0.25, 0.3) is 11.1 Å². The number of carboxylic acid groups (broad SMARTS) is 1. The Kier molecular flexibility index (Phi) is 3.56. The van der Waals surface area contributed by atoms with Gasteiger partial charge in [-0.3, -0.25) is 14.9 Å². The zero-order chi connectivity index (χ0) is 14.7. The summed E-state index contributed by atoms with van der Waals surface area (Å²) < 4.78 is 0. The minimum absolute atomic E-state index is 0.469. The molecular formula is C14H8NO5-. The summed E-state index contributed by atoms with van der Waals surface area (Å²) in [4.78, 5) is 31.5. The molecule has 0 spiro atoms. The quantitative estimate of drug-likeness (QED) is 0.475. The van der Waals surface area contributed by atoms with Gasteiger partial charge in [-0.05, 0) is 17.2 Å². The Hall–Kier alpha value is -3.02. The maximum absolute atomic E-state index is 10.9. The van der Waals surface area contributed by atoms with Crippen LogP contribution < -0.4 is 5.11 Å². The van der Waals surface area contributed by atoms with Crippen molar-refractivity contribution in [3.63, 3.8) is 0 Å². The standard InChI is InChI=1S/C14H9NO5/c16-8-9-1-3-10(4-2-9)11-5-6-12(14(17)18)13(7-11)15(19)20/h1-8H,(H,17,18)/p-1. The first-order chi connectivity index (χ1) is 9.52. The van der Waals surface area contributed by atoms with Crippen molar-refractivity contribution in [1.29, 1.82) is 0 Å². The van der Waals surface area contributed by atoms with Crippen molar-refractivity contribution in [2.45, 2.75) is 0 Å². The molecule has 2 rings (SSSR count). The van der Waals surface area contributed by atoms with E-state index < -0.39 is 22.1 Å². The number of carbonyl (C=O) groups is 2. The summed E-state index contributed by atoms with van der Waals surface area (Å²) in [5.41, 5.74) is 0.613. The fourth-order valence-corrected chi connectivity index (χ4v) is 1.79. The molecule has 0 aliphatic heterocycles. The predicted octanol–water partition coefficient (Wildman–Crippen LogP) is 1.44. The average Bonchev–Trinajstić information content (AvgIpc) is 2.46. The SMILES string of the molecule is O=Cc1ccc(-c2ccc(C(=O)[O-])c([N+](=O)[O-])c2)cc1. The molecule has 0 saturated heterocycles. The van der Waals surface area contributed by atoms with Crippen LogP contribution in [-0.4, -0.2) is 17.2 Å². The van der Waals surface area contributed by atoms with Gasteiger partial charge in [0.25, 0.3) is 5.69 Å². The number of hydrogen-bond donors (Lipinski definition) is 0. The maximum Gasteiger partial charge on any atom is 0.279 e. The average molecular weight is 270 g/mol. The number of rotatable bonds is 4. The number of benzene rings is 2. The molecule has 0 radical (unpaired) electrons. The number of nitro groups is 1. The van der Waals surface area contributed by atoms with E-state index in [2.05, 4.69) is 0 Å². The number of aromatic carboxylic acids is 1. The highest BCUT2D eigenvalue weighted by atomic mass is 16.6. The third-order valence-corrected chi connectivity index (χ3v) is 2.79. The molecule has 0 amide bonds. The lowest BCUT2D eigenvalue weighted by molar-refractivity contribution is -0.385. The van der Waals surface area contributed by atoms with E-state index in [1.54, 1.807) is 24.3 Å². The molecule has 0 aliphatic carbocycles. The third-order valence-electron chi connectivity index (χ3n) is 2.79. The van der Waals surface area contributed by atoms with Gasteiger partial charge in [-0.1, -0.05) is 30.3 Å². The Morgan fingerprint density at radius 3 is 2.15 bits per heavy atom. The summed E-state index contributed by atoms with van der Waals surface area (Å²) in [5, 5.41) is 21.7. The van der Waals surface area contributed by atoms with Gasteiger partial charge in [0.05, 0.1) is 16.5 Å². The van der Waals surface area contributed by atoms with Gasteiger partial charge in [-0.2, -0.15) is 0 Å². The second-order valence-electron chi connectivity index (χ2n) is 4.02. The Balaban J connectivity index is 2.52. The van der Waals surface area contributed by atoms with Crippen molar-refractivity contribution in [3.05, 3.63) is 63.7 Å². The summed E-state index contributed by atoms with van der Waals surface area (Å²) in [5.74, 6) is -1.60. The molecule has 6 heteroatoms. The normalized spacial score (nSPS) is 10.0. The maximum atomic E-state index is 10.9. The summed E-state index contributed by atoms with van der Waals surface area (Å²) >= 11 is 0. The van der Waals surface area contributed by atoms with E-state index in [9.17, 15) is 24.8 Å². The first-order valence-corrected chi connectivity index (χ1v) is 5.58. The highest BCUT2D eigenvalue weighted by molar-refractivity contribution is 5.92. The fourth-order valence-electron chi connectivity index (χ4n) is 1.79. The van der Waals surface area contributed by atoms with Crippen LogP contribution in [0.4, 0.5) is 5.69 Å². The molecule has 0 aromatic heterocycles. The van der Waals surface area contributed by atoms with E-state index in [0.717, 1.165) is 6.07 Å². The Morgan fingerprint density at radius 1 is 1.05 bits per heavy atom. The van der Waals surface area contributed by atoms with Crippen molar-refractivity contribution >= 4 is 17.9 Å². The molecule has 0 saturated carbocycles. The highest BCUT2D eigenvalue weighted by Crippen LogP contribution is 2.27. The van der Waals surface area contributed by atoms with Gasteiger partial charge in [0.1, 0.15) is 6.29 Å². The number of hydrogen-bond acceptors (Lipinski definition) is 5. The smallest absolute Gasteiger partial charge is 0.279 e. The van der Waals surface area contributed by atoms with Gasteiger partial charge in [-0.25, -0.2) is 0 Å². The fraction of sp³-hybridized carbons (Fsp3) is 0. The zero-order valence-electron chi connectivity index (χ0n) is 10.1. The monoisotopic (exact) mass is 270 g/mol. The molecule has 2 aromatic rings. The van der Waals surface area contributed by atoms with Crippen molar-refractivity contribution in [1.82, 2.24) is 0 Å². The molecule has 6 nitrogen and oxygen atoms in total. The molecule has 0 bridgehead atoms. The molecule has 0 aliphatic rings. The van der Waals surface area contributed by atoms with Gasteiger partial charge in [0.2, 0.25) is 0 Å². The number of nitrogens with zero attached hydrogens (tertiary/aromatic N) is 1. The van der Waals surface area contributed by atoms with Gasteiger partial charge < -0.3 is 9.90 Å². The van der Waals surface area contributed by atoms with Crippen molar-refractivity contribution < 1.29 is 19.6 Å². The Bertz CT molecular complexity index is 691. The van der Waals surface area contributed by atoms with Crippen LogP contribution in [0.1, 0.15) is 20.7 Å². The molecule has 0 N–H and O–H groups in total. The van der Waals surface area contributed by atoms with Crippen molar-refractivity contribution in [2.24, 2.45) is 0 Å². The van der Waals surface area contributed by atoms with E-state index in [1.165, 1.54) is 12.1 Å². The zero-order valence-corrected chi connectivity index (χ0v) is 10.1. The predicted molar refractivity (Wildman–Crippen MR) is 68.3 cm³/mol. The topological polar surface area (TPSA) is 100 Å². The van der Waals surface area contributed by atoms with E-state index >= 15 is 0 Å². The highest BCUT2D eigenvalue weighted by Gasteiger charge is 2.15. The molecular weight excluding hydrogens is 262 g/mol. The van der Waals surface area contributed by atoms with Crippen LogP contribution in [0.5, 0.6) is 0 Å². The van der Waals surface area contributed by atoms with E-state index in [4.69, 9.17) is 0 Å². The molecule has 2 aromatic carbocycles. The minimum Gasteiger partial charge on any atom is -0.545 e. The largest absolute Gasteiger partial charge is 0.545 e. The molecule has 100 valence electrons. The van der Waals surface area contributed by atoms with E-state index in [0.29, 0.717) is 23.0 Å². The first-order valence-electron chi connectivity index (χ1n) is 5.58. The van der Waals surface area contributed by atoms with Crippen molar-refractivity contribution in [2.75, 3.05) is 0 Å². The number of carbonyl (C=O) groups excluding carboxylic acids is 2. The molecule has 0 unspecified atom stereocenters. The van der Waals surface area contributed by atoms with Crippen LogP contribution >= 0.6 is 0 Å². The number of carboxylic acids is 1. The summed E-state index contributed by atoms with van der Waals surface area (Å²) in [6.45, 7) is 0. The van der Waals surface area contributed by atoms with Gasteiger partial charge in [0, 0.05) is 11.6 Å². The molecule has 0 atom stereocenters. The van der Waals surface area contributed by atoms with E-state index in [-0.39, 0.29) is 0 Å². The number of nitro benzene ring substituents is 1. The minimum atomic E-state index is -1.60. The van der Waals surface area contributed by atoms with Crippen LogP contribution in [-0.2, 0) is 0 Å². The lowest BCUT2D eigenvalue weighted by atomic mass is 10.0. The second kappa shape index (κ2) is 5.31. The lowest BCUT2D eigenvalue weighted by Crippen LogP contribution is -2.23. The number of aldehydes is 1. The lowest BCUT2D eigenvalue weighted by Gasteiger charge is -2.07. The van der Waals surface area contributed by atoms with Crippen LogP contribution in [0, 0.1) is 10.1 Å². The van der Waals surface area contributed by atoms with Gasteiger partial charge in [0.15, 0.2) is 0 Å². The Morgan fingerprint density at radius 2 is 1.65 bits per heavy atom. The van der Waals surface area contributed by atoms with Gasteiger partial charge >= 0.3 is 0 Å². The summed E-state index contributed by atoms with van der Waals surface area (Å²) in [7, 11) is 0. The van der Waals surface area contributed by atoms with Crippen LogP contribution in [0.15, 0.2) is 42.5 Å². The van der Waals surface area contributed by atoms with Gasteiger partial charge in [-0.15, -0.1) is 0 Å². The molecule has 0 heterocycles. The molecule has 0 fully saturated rings. The van der Waals surface area contributed by atoms with Crippen LogP contribution in [0.3, 0.4) is 0 Å².